The van der Waals surface area contributed by atoms with Gasteiger partial charge in [0.2, 0.25) is 0 Å². The number of hydrogen-bond donors (Lipinski definition) is 2. The summed E-state index contributed by atoms with van der Waals surface area (Å²) in [6.45, 7) is 1.92. The highest BCUT2D eigenvalue weighted by Crippen LogP contribution is 2.25. The van der Waals surface area contributed by atoms with Crippen LogP contribution in [0, 0.1) is 6.92 Å². The number of anilines is 1. The Hall–Kier alpha value is -2.36. The number of carbonyl (C=O) groups is 1. The number of fused-ring (bicyclic) bond motifs is 1. The predicted molar refractivity (Wildman–Crippen MR) is 87.9 cm³/mol. The summed E-state index contributed by atoms with van der Waals surface area (Å²) in [6, 6.07) is 7.98. The number of hydrogen-bond acceptors (Lipinski definition) is 6. The van der Waals surface area contributed by atoms with Crippen molar-refractivity contribution in [2.75, 3.05) is 5.32 Å². The monoisotopic (exact) mass is 348 g/mol. The van der Waals surface area contributed by atoms with E-state index >= 15 is 0 Å². The first-order chi connectivity index (χ1) is 10.8. The van der Waals surface area contributed by atoms with Crippen LogP contribution >= 0.6 is 11.3 Å². The van der Waals surface area contributed by atoms with Gasteiger partial charge in [0, 0.05) is 11.9 Å². The van der Waals surface area contributed by atoms with Crippen molar-refractivity contribution in [2.24, 2.45) is 5.14 Å². The molecule has 3 N–H and O–H groups in total. The molecule has 0 saturated heterocycles. The lowest BCUT2D eigenvalue weighted by molar-refractivity contribution is 0.102. The highest BCUT2D eigenvalue weighted by atomic mass is 32.2. The zero-order valence-corrected chi connectivity index (χ0v) is 13.6. The molecule has 1 amide bonds. The molecule has 0 saturated carbocycles. The summed E-state index contributed by atoms with van der Waals surface area (Å²) >= 11 is 1.54. The van der Waals surface area contributed by atoms with Crippen LogP contribution in [0.25, 0.3) is 10.2 Å². The van der Waals surface area contributed by atoms with E-state index in [1.165, 1.54) is 29.7 Å². The zero-order chi connectivity index (χ0) is 16.6. The fourth-order valence-electron chi connectivity index (χ4n) is 2.00. The topological polar surface area (TPSA) is 115 Å². The van der Waals surface area contributed by atoms with E-state index in [0.717, 1.165) is 15.2 Å². The number of benzene rings is 1. The molecule has 1 aromatic carbocycles. The quantitative estimate of drug-likeness (QED) is 0.750. The lowest BCUT2D eigenvalue weighted by Crippen LogP contribution is -2.16. The number of aromatic nitrogens is 2. The number of amides is 1. The number of nitrogens with one attached hydrogen (secondary N) is 1. The third-order valence-corrected chi connectivity index (χ3v) is 4.80. The number of sulfonamides is 1. The standard InChI is InChI=1S/C14H12N4O3S2/c1-8-17-11-4-3-10(6-12(11)22-8)18-14(19)9-2-5-13(16-7-9)23(15,20)21/h2-7H,1H3,(H,18,19)(H2,15,20,21). The largest absolute Gasteiger partial charge is 0.322 e. The number of rotatable bonds is 3. The number of nitrogens with zero attached hydrogens (tertiary/aromatic N) is 2. The van der Waals surface area contributed by atoms with Crippen LogP contribution in [0.1, 0.15) is 15.4 Å². The molecule has 0 radical (unpaired) electrons. The average molecular weight is 348 g/mol. The molecule has 0 aliphatic carbocycles. The number of carbonyl (C=O) groups excluding carboxylic acids is 1. The summed E-state index contributed by atoms with van der Waals surface area (Å²) in [4.78, 5) is 20.2. The summed E-state index contributed by atoms with van der Waals surface area (Å²) in [5, 5.41) is 8.37. The molecule has 0 fully saturated rings. The van der Waals surface area contributed by atoms with Crippen molar-refractivity contribution < 1.29 is 13.2 Å². The fraction of sp³-hybridized carbons (Fsp3) is 0.0714. The van der Waals surface area contributed by atoms with E-state index < -0.39 is 10.0 Å². The van der Waals surface area contributed by atoms with Gasteiger partial charge in [-0.1, -0.05) is 0 Å². The minimum absolute atomic E-state index is 0.234. The number of pyridine rings is 1. The Labute approximate surface area is 136 Å². The molecular weight excluding hydrogens is 336 g/mol. The van der Waals surface area contributed by atoms with E-state index in [-0.39, 0.29) is 16.5 Å². The van der Waals surface area contributed by atoms with Crippen molar-refractivity contribution in [3.63, 3.8) is 0 Å². The van der Waals surface area contributed by atoms with Gasteiger partial charge in [0.05, 0.1) is 20.8 Å². The maximum Gasteiger partial charge on any atom is 0.257 e. The molecule has 7 nitrogen and oxygen atoms in total. The van der Waals surface area contributed by atoms with E-state index in [9.17, 15) is 13.2 Å². The first-order valence-corrected chi connectivity index (χ1v) is 8.86. The summed E-state index contributed by atoms with van der Waals surface area (Å²) in [5.41, 5.74) is 1.74. The van der Waals surface area contributed by atoms with Crippen molar-refractivity contribution in [1.82, 2.24) is 9.97 Å². The molecule has 23 heavy (non-hydrogen) atoms. The van der Waals surface area contributed by atoms with Gasteiger partial charge >= 0.3 is 0 Å². The molecule has 3 rings (SSSR count). The van der Waals surface area contributed by atoms with Crippen LogP contribution in [-0.2, 0) is 10.0 Å². The maximum atomic E-state index is 12.2. The van der Waals surface area contributed by atoms with Gasteiger partial charge in [-0.15, -0.1) is 11.3 Å². The molecule has 0 aliphatic rings. The average Bonchev–Trinajstić information content (AvgIpc) is 2.86. The first-order valence-electron chi connectivity index (χ1n) is 6.50. The number of thiazole rings is 1. The third kappa shape index (κ3) is 3.36. The SMILES string of the molecule is Cc1nc2ccc(NC(=O)c3ccc(S(N)(=O)=O)nc3)cc2s1. The molecule has 2 aromatic heterocycles. The second-order valence-corrected chi connectivity index (χ2v) is 7.54. The summed E-state index contributed by atoms with van der Waals surface area (Å²) in [5.74, 6) is -0.390. The second-order valence-electron chi connectivity index (χ2n) is 4.80. The zero-order valence-electron chi connectivity index (χ0n) is 12.0. The maximum absolute atomic E-state index is 12.2. The molecule has 118 valence electrons. The predicted octanol–water partition coefficient (Wildman–Crippen LogP) is 1.90. The summed E-state index contributed by atoms with van der Waals surface area (Å²) < 4.78 is 23.3. The number of aryl methyl sites for hydroxylation is 1. The van der Waals surface area contributed by atoms with E-state index in [2.05, 4.69) is 15.3 Å². The van der Waals surface area contributed by atoms with Crippen molar-refractivity contribution in [1.29, 1.82) is 0 Å². The van der Waals surface area contributed by atoms with Crippen molar-refractivity contribution in [3.8, 4) is 0 Å². The van der Waals surface area contributed by atoms with Crippen LogP contribution in [0.15, 0.2) is 41.6 Å². The molecule has 9 heteroatoms. The molecule has 2 heterocycles. The van der Waals surface area contributed by atoms with Crippen LogP contribution in [0.3, 0.4) is 0 Å². The number of nitrogens with two attached hydrogens (primary N) is 1. The Balaban J connectivity index is 1.82. The normalized spacial score (nSPS) is 11.6. The van der Waals surface area contributed by atoms with Gasteiger partial charge in [0.25, 0.3) is 15.9 Å². The van der Waals surface area contributed by atoms with Crippen molar-refractivity contribution in [2.45, 2.75) is 11.9 Å². The Kier molecular flexibility index (Phi) is 3.84. The Morgan fingerprint density at radius 2 is 2.04 bits per heavy atom. The van der Waals surface area contributed by atoms with E-state index in [4.69, 9.17) is 5.14 Å². The lowest BCUT2D eigenvalue weighted by atomic mass is 10.2. The summed E-state index contributed by atoms with van der Waals surface area (Å²) in [7, 11) is -3.87. The molecule has 0 atom stereocenters. The number of primary sulfonamides is 1. The van der Waals surface area contributed by atoms with Gasteiger partial charge < -0.3 is 5.32 Å². The van der Waals surface area contributed by atoms with Gasteiger partial charge in [-0.05, 0) is 37.3 Å². The van der Waals surface area contributed by atoms with Crippen LogP contribution in [0.5, 0.6) is 0 Å². The van der Waals surface area contributed by atoms with E-state index in [0.29, 0.717) is 5.69 Å². The van der Waals surface area contributed by atoms with Crippen LogP contribution < -0.4 is 10.5 Å². The minimum Gasteiger partial charge on any atom is -0.322 e. The van der Waals surface area contributed by atoms with E-state index in [1.54, 1.807) is 6.07 Å². The molecule has 0 spiro atoms. The van der Waals surface area contributed by atoms with Crippen LogP contribution in [0.4, 0.5) is 5.69 Å². The van der Waals surface area contributed by atoms with Gasteiger partial charge in [-0.25, -0.2) is 23.5 Å². The van der Waals surface area contributed by atoms with Gasteiger partial charge in [0.15, 0.2) is 5.03 Å². The van der Waals surface area contributed by atoms with Gasteiger partial charge in [-0.2, -0.15) is 0 Å². The van der Waals surface area contributed by atoms with E-state index in [1.807, 2.05) is 19.1 Å². The highest BCUT2D eigenvalue weighted by molar-refractivity contribution is 7.89. The Morgan fingerprint density at radius 3 is 2.70 bits per heavy atom. The van der Waals surface area contributed by atoms with Crippen LogP contribution in [-0.4, -0.2) is 24.3 Å². The lowest BCUT2D eigenvalue weighted by Gasteiger charge is -2.05. The fourth-order valence-corrected chi connectivity index (χ4v) is 3.33. The molecule has 0 unspecified atom stereocenters. The molecule has 0 bridgehead atoms. The van der Waals surface area contributed by atoms with Crippen molar-refractivity contribution >= 4 is 43.2 Å². The van der Waals surface area contributed by atoms with Crippen molar-refractivity contribution in [3.05, 3.63) is 47.1 Å². The first kappa shape index (κ1) is 15.5. The molecule has 3 aromatic rings. The highest BCUT2D eigenvalue weighted by Gasteiger charge is 2.12. The Bertz CT molecular complexity index is 995. The summed E-state index contributed by atoms with van der Waals surface area (Å²) in [6.07, 6.45) is 1.17. The van der Waals surface area contributed by atoms with Crippen LogP contribution in [0.2, 0.25) is 0 Å². The second kappa shape index (κ2) is 5.69. The van der Waals surface area contributed by atoms with Gasteiger partial charge in [0.1, 0.15) is 0 Å². The Morgan fingerprint density at radius 1 is 1.26 bits per heavy atom. The molecular formula is C14H12N4O3S2. The molecule has 0 aliphatic heterocycles. The minimum atomic E-state index is -3.87. The smallest absolute Gasteiger partial charge is 0.257 e. The van der Waals surface area contributed by atoms with Gasteiger partial charge in [-0.3, -0.25) is 4.79 Å². The third-order valence-electron chi connectivity index (χ3n) is 3.04.